The van der Waals surface area contributed by atoms with Crippen LogP contribution < -0.4 is 10.1 Å². The molecule has 0 spiro atoms. The van der Waals surface area contributed by atoms with Crippen molar-refractivity contribution in [2.75, 3.05) is 0 Å². The number of rotatable bonds is 5. The van der Waals surface area contributed by atoms with Crippen molar-refractivity contribution in [2.45, 2.75) is 19.6 Å². The van der Waals surface area contributed by atoms with Crippen molar-refractivity contribution in [2.24, 2.45) is 0 Å². The Morgan fingerprint density at radius 2 is 1.91 bits per heavy atom. The predicted octanol–water partition coefficient (Wildman–Crippen LogP) is 4.43. The van der Waals surface area contributed by atoms with Crippen LogP contribution in [0.5, 0.6) is 5.75 Å². The van der Waals surface area contributed by atoms with Crippen LogP contribution in [0.1, 0.15) is 28.9 Å². The van der Waals surface area contributed by atoms with Gasteiger partial charge in [0.2, 0.25) is 0 Å². The van der Waals surface area contributed by atoms with Gasteiger partial charge in [-0.1, -0.05) is 29.8 Å². The van der Waals surface area contributed by atoms with Crippen LogP contribution in [0.2, 0.25) is 5.02 Å². The molecule has 0 aromatic heterocycles. The lowest BCUT2D eigenvalue weighted by atomic mass is 10.1. The van der Waals surface area contributed by atoms with Gasteiger partial charge in [-0.3, -0.25) is 4.79 Å². The highest BCUT2D eigenvalue weighted by molar-refractivity contribution is 6.30. The van der Waals surface area contributed by atoms with Gasteiger partial charge in [-0.25, -0.2) is 0 Å². The van der Waals surface area contributed by atoms with E-state index >= 15 is 0 Å². The fourth-order valence-corrected chi connectivity index (χ4v) is 2.15. The Morgan fingerprint density at radius 3 is 2.59 bits per heavy atom. The van der Waals surface area contributed by atoms with Gasteiger partial charge in [-0.2, -0.15) is 8.78 Å². The van der Waals surface area contributed by atoms with Gasteiger partial charge in [0.1, 0.15) is 5.75 Å². The lowest BCUT2D eigenvalue weighted by Crippen LogP contribution is -2.26. The maximum absolute atomic E-state index is 12.2. The van der Waals surface area contributed by atoms with E-state index in [1.165, 1.54) is 24.3 Å². The zero-order chi connectivity index (χ0) is 16.1. The fraction of sp³-hybridized carbons (Fsp3) is 0.188. The van der Waals surface area contributed by atoms with Gasteiger partial charge in [0, 0.05) is 10.6 Å². The molecule has 116 valence electrons. The molecule has 0 unspecified atom stereocenters. The number of amides is 1. The first-order valence-corrected chi connectivity index (χ1v) is 6.94. The third kappa shape index (κ3) is 4.43. The van der Waals surface area contributed by atoms with Crippen LogP contribution in [-0.4, -0.2) is 12.5 Å². The molecular formula is C16H14ClF2NO2. The van der Waals surface area contributed by atoms with Gasteiger partial charge in [0.25, 0.3) is 5.91 Å². The maximum Gasteiger partial charge on any atom is 0.387 e. The molecule has 0 radical (unpaired) electrons. The second kappa shape index (κ2) is 7.22. The first-order valence-electron chi connectivity index (χ1n) is 6.57. The average Bonchev–Trinajstić information content (AvgIpc) is 2.46. The molecule has 1 amide bonds. The molecule has 0 saturated heterocycles. The van der Waals surface area contributed by atoms with E-state index < -0.39 is 6.61 Å². The Hall–Kier alpha value is -2.14. The van der Waals surface area contributed by atoms with Crippen molar-refractivity contribution >= 4 is 17.5 Å². The highest BCUT2D eigenvalue weighted by Gasteiger charge is 2.13. The van der Waals surface area contributed by atoms with E-state index in [1.54, 1.807) is 18.2 Å². The third-order valence-electron chi connectivity index (χ3n) is 3.02. The van der Waals surface area contributed by atoms with Crippen LogP contribution >= 0.6 is 11.6 Å². The van der Waals surface area contributed by atoms with Crippen LogP contribution in [0.3, 0.4) is 0 Å². The second-order valence-electron chi connectivity index (χ2n) is 4.66. The quantitative estimate of drug-likeness (QED) is 0.883. The molecule has 0 saturated carbocycles. The molecule has 2 aromatic rings. The zero-order valence-corrected chi connectivity index (χ0v) is 12.5. The minimum Gasteiger partial charge on any atom is -0.435 e. The molecule has 22 heavy (non-hydrogen) atoms. The molecule has 0 aliphatic rings. The SMILES string of the molecule is C[C@@H](NC(=O)c1cccc(OC(F)F)c1)c1cccc(Cl)c1. The molecule has 0 aliphatic carbocycles. The van der Waals surface area contributed by atoms with Crippen molar-refractivity contribution in [1.29, 1.82) is 0 Å². The van der Waals surface area contributed by atoms with E-state index in [0.29, 0.717) is 5.02 Å². The monoisotopic (exact) mass is 325 g/mol. The Bertz CT molecular complexity index is 664. The Morgan fingerprint density at radius 1 is 1.18 bits per heavy atom. The van der Waals surface area contributed by atoms with E-state index in [2.05, 4.69) is 10.1 Å². The molecule has 1 atom stereocenters. The van der Waals surface area contributed by atoms with Crippen molar-refractivity contribution in [3.05, 3.63) is 64.7 Å². The number of carbonyl (C=O) groups excluding carboxylic acids is 1. The van der Waals surface area contributed by atoms with Crippen LogP contribution in [-0.2, 0) is 0 Å². The van der Waals surface area contributed by atoms with Gasteiger partial charge in [0.05, 0.1) is 6.04 Å². The van der Waals surface area contributed by atoms with Crippen LogP contribution in [0.15, 0.2) is 48.5 Å². The minimum absolute atomic E-state index is 0.0574. The molecule has 0 fully saturated rings. The van der Waals surface area contributed by atoms with E-state index in [9.17, 15) is 13.6 Å². The zero-order valence-electron chi connectivity index (χ0n) is 11.7. The lowest BCUT2D eigenvalue weighted by Gasteiger charge is -2.15. The second-order valence-corrected chi connectivity index (χ2v) is 5.09. The summed E-state index contributed by atoms with van der Waals surface area (Å²) >= 11 is 5.91. The van der Waals surface area contributed by atoms with E-state index in [0.717, 1.165) is 5.56 Å². The number of nitrogens with one attached hydrogen (secondary N) is 1. The lowest BCUT2D eigenvalue weighted by molar-refractivity contribution is -0.0498. The normalized spacial score (nSPS) is 12.0. The molecule has 6 heteroatoms. The Balaban J connectivity index is 2.08. The Kier molecular flexibility index (Phi) is 5.33. The number of halogens is 3. The smallest absolute Gasteiger partial charge is 0.387 e. The highest BCUT2D eigenvalue weighted by atomic mass is 35.5. The van der Waals surface area contributed by atoms with E-state index in [4.69, 9.17) is 11.6 Å². The van der Waals surface area contributed by atoms with Crippen molar-refractivity contribution < 1.29 is 18.3 Å². The van der Waals surface area contributed by atoms with Crippen LogP contribution in [0.25, 0.3) is 0 Å². The molecule has 0 bridgehead atoms. The first kappa shape index (κ1) is 16.2. The summed E-state index contributed by atoms with van der Waals surface area (Å²) < 4.78 is 28.7. The summed E-state index contributed by atoms with van der Waals surface area (Å²) in [6.45, 7) is -1.12. The highest BCUT2D eigenvalue weighted by Crippen LogP contribution is 2.19. The molecule has 2 rings (SSSR count). The molecular weight excluding hydrogens is 312 g/mol. The summed E-state index contributed by atoms with van der Waals surface area (Å²) in [4.78, 5) is 12.2. The number of benzene rings is 2. The van der Waals surface area contributed by atoms with E-state index in [-0.39, 0.29) is 23.3 Å². The van der Waals surface area contributed by atoms with Crippen LogP contribution in [0.4, 0.5) is 8.78 Å². The van der Waals surface area contributed by atoms with Crippen molar-refractivity contribution in [1.82, 2.24) is 5.32 Å². The number of carbonyl (C=O) groups is 1. The van der Waals surface area contributed by atoms with Gasteiger partial charge in [-0.05, 0) is 42.8 Å². The van der Waals surface area contributed by atoms with Gasteiger partial charge in [0.15, 0.2) is 0 Å². The topological polar surface area (TPSA) is 38.3 Å². The van der Waals surface area contributed by atoms with Crippen molar-refractivity contribution in [3.8, 4) is 5.75 Å². The summed E-state index contributed by atoms with van der Waals surface area (Å²) in [6, 6.07) is 12.5. The standard InChI is InChI=1S/C16H14ClF2NO2/c1-10(11-4-2-6-13(17)8-11)20-15(21)12-5-3-7-14(9-12)22-16(18)19/h2-10,16H,1H3,(H,20,21)/t10-/m1/s1. The van der Waals surface area contributed by atoms with Gasteiger partial charge >= 0.3 is 6.61 Å². The van der Waals surface area contributed by atoms with Crippen LogP contribution in [0, 0.1) is 0 Å². The van der Waals surface area contributed by atoms with Crippen molar-refractivity contribution in [3.63, 3.8) is 0 Å². The number of ether oxygens (including phenoxy) is 1. The summed E-state index contributed by atoms with van der Waals surface area (Å²) in [7, 11) is 0. The third-order valence-corrected chi connectivity index (χ3v) is 3.25. The summed E-state index contributed by atoms with van der Waals surface area (Å²) in [6.07, 6.45) is 0. The number of alkyl halides is 2. The predicted molar refractivity (Wildman–Crippen MR) is 80.4 cm³/mol. The largest absolute Gasteiger partial charge is 0.435 e. The fourth-order valence-electron chi connectivity index (χ4n) is 1.95. The van der Waals surface area contributed by atoms with Gasteiger partial charge < -0.3 is 10.1 Å². The average molecular weight is 326 g/mol. The minimum atomic E-state index is -2.93. The molecule has 2 aromatic carbocycles. The summed E-state index contributed by atoms with van der Waals surface area (Å²) in [5, 5.41) is 3.35. The molecule has 3 nitrogen and oxygen atoms in total. The van der Waals surface area contributed by atoms with Gasteiger partial charge in [-0.15, -0.1) is 0 Å². The first-order chi connectivity index (χ1) is 10.5. The van der Waals surface area contributed by atoms with E-state index in [1.807, 2.05) is 13.0 Å². The molecule has 0 aliphatic heterocycles. The number of hydrogen-bond acceptors (Lipinski definition) is 2. The summed E-state index contributed by atoms with van der Waals surface area (Å²) in [5.41, 5.74) is 1.09. The molecule has 1 N–H and O–H groups in total. The Labute approximate surface area is 131 Å². The number of hydrogen-bond donors (Lipinski definition) is 1. The maximum atomic E-state index is 12.2. The molecule has 0 heterocycles. The summed E-state index contributed by atoms with van der Waals surface area (Å²) in [5.74, 6) is -0.440.